The number of hydrogen-bond donors (Lipinski definition) is 1. The Bertz CT molecular complexity index is 1950. The van der Waals surface area contributed by atoms with Gasteiger partial charge in [-0.05, 0) is 64.2 Å². The van der Waals surface area contributed by atoms with Crippen LogP contribution in [0.4, 0.5) is 4.39 Å². The Morgan fingerprint density at radius 2 is 1.44 bits per heavy atom. The first-order valence-corrected chi connectivity index (χ1v) is 15.3. The molecule has 7 nitrogen and oxygen atoms in total. The third kappa shape index (κ3) is 7.57. The summed E-state index contributed by atoms with van der Waals surface area (Å²) in [4.78, 5) is 38.5. The Labute approximate surface area is 263 Å². The number of hydrogen-bond acceptors (Lipinski definition) is 6. The number of carbonyl (C=O) groups excluding carboxylic acids is 1. The zero-order valence-corrected chi connectivity index (χ0v) is 25.0. The van der Waals surface area contributed by atoms with Crippen molar-refractivity contribution in [2.75, 3.05) is 0 Å². The van der Waals surface area contributed by atoms with Crippen LogP contribution >= 0.6 is 11.8 Å². The van der Waals surface area contributed by atoms with Crippen molar-refractivity contribution in [1.29, 1.82) is 0 Å². The normalized spacial score (nSPS) is 10.9. The molecule has 222 valence electrons. The number of thioether (sulfide) groups is 1. The number of aromatic nitrogens is 4. The van der Waals surface area contributed by atoms with Crippen molar-refractivity contribution >= 4 is 17.7 Å². The van der Waals surface area contributed by atoms with Gasteiger partial charge in [-0.3, -0.25) is 14.2 Å². The van der Waals surface area contributed by atoms with Crippen LogP contribution < -0.4 is 10.9 Å². The third-order valence-corrected chi connectivity index (χ3v) is 8.20. The van der Waals surface area contributed by atoms with Crippen molar-refractivity contribution in [3.05, 3.63) is 172 Å². The van der Waals surface area contributed by atoms with Gasteiger partial charge in [0.1, 0.15) is 12.1 Å². The maximum absolute atomic E-state index is 13.4. The first-order chi connectivity index (χ1) is 22.0. The van der Waals surface area contributed by atoms with E-state index in [1.807, 2.05) is 47.0 Å². The summed E-state index contributed by atoms with van der Waals surface area (Å²) in [5.74, 6) is -0.00805. The molecule has 0 bridgehead atoms. The second kappa shape index (κ2) is 13.9. The van der Waals surface area contributed by atoms with Crippen LogP contribution in [0.5, 0.6) is 0 Å². The lowest BCUT2D eigenvalue weighted by molar-refractivity contribution is 0.0951. The van der Waals surface area contributed by atoms with Gasteiger partial charge in [0.15, 0.2) is 5.16 Å². The Balaban J connectivity index is 1.19. The van der Waals surface area contributed by atoms with Crippen LogP contribution in [0.15, 0.2) is 138 Å². The Morgan fingerprint density at radius 3 is 2.16 bits per heavy atom. The molecule has 9 heteroatoms. The van der Waals surface area contributed by atoms with Crippen molar-refractivity contribution in [3.63, 3.8) is 0 Å². The van der Waals surface area contributed by atoms with Crippen molar-refractivity contribution in [2.24, 2.45) is 0 Å². The van der Waals surface area contributed by atoms with Gasteiger partial charge >= 0.3 is 0 Å². The molecule has 4 aromatic carbocycles. The van der Waals surface area contributed by atoms with Crippen LogP contribution in [0, 0.1) is 5.82 Å². The fourth-order valence-electron chi connectivity index (χ4n) is 4.76. The fourth-order valence-corrected chi connectivity index (χ4v) is 5.69. The summed E-state index contributed by atoms with van der Waals surface area (Å²) in [6.45, 7) is 0.399. The molecule has 0 fully saturated rings. The molecular weight excluding hydrogens is 585 g/mol. The zero-order valence-electron chi connectivity index (χ0n) is 24.1. The average Bonchev–Trinajstić information content (AvgIpc) is 3.09. The van der Waals surface area contributed by atoms with E-state index in [9.17, 15) is 14.0 Å². The van der Waals surface area contributed by atoms with Crippen LogP contribution in [0.25, 0.3) is 16.8 Å². The van der Waals surface area contributed by atoms with Gasteiger partial charge in [0.05, 0.1) is 0 Å². The second-order valence-corrected chi connectivity index (χ2v) is 11.3. The molecular formula is C36H28FN5O2S. The summed E-state index contributed by atoms with van der Waals surface area (Å²) >= 11 is 1.37. The number of halogens is 1. The van der Waals surface area contributed by atoms with Gasteiger partial charge in [0.25, 0.3) is 11.5 Å². The van der Waals surface area contributed by atoms with Crippen LogP contribution in [0.2, 0.25) is 0 Å². The molecule has 0 atom stereocenters. The van der Waals surface area contributed by atoms with Crippen molar-refractivity contribution in [2.45, 2.75) is 23.9 Å². The second-order valence-electron chi connectivity index (χ2n) is 10.4. The average molecular weight is 614 g/mol. The minimum Gasteiger partial charge on any atom is -0.348 e. The maximum atomic E-state index is 13.4. The molecule has 0 spiro atoms. The molecule has 1 N–H and O–H groups in total. The number of nitrogens with zero attached hydrogens (tertiary/aromatic N) is 4. The lowest BCUT2D eigenvalue weighted by Gasteiger charge is -2.15. The molecule has 0 radical (unpaired) electrons. The van der Waals surface area contributed by atoms with E-state index in [2.05, 4.69) is 44.5 Å². The Morgan fingerprint density at radius 1 is 0.778 bits per heavy atom. The number of rotatable bonds is 10. The topological polar surface area (TPSA) is 89.8 Å². The summed E-state index contributed by atoms with van der Waals surface area (Å²) in [7, 11) is 0. The molecule has 1 amide bonds. The zero-order chi connectivity index (χ0) is 31.0. The van der Waals surface area contributed by atoms with Crippen LogP contribution in [0.1, 0.15) is 32.6 Å². The highest BCUT2D eigenvalue weighted by Gasteiger charge is 2.14. The molecule has 45 heavy (non-hydrogen) atoms. The molecule has 6 rings (SSSR count). The van der Waals surface area contributed by atoms with E-state index in [1.54, 1.807) is 42.9 Å². The number of nitrogens with one attached hydrogen (secondary N) is 1. The van der Waals surface area contributed by atoms with Crippen LogP contribution in [-0.4, -0.2) is 25.4 Å². The molecule has 0 aliphatic heterocycles. The van der Waals surface area contributed by atoms with E-state index >= 15 is 0 Å². The molecule has 0 unspecified atom stereocenters. The van der Waals surface area contributed by atoms with Crippen LogP contribution in [-0.2, 0) is 18.7 Å². The quantitative estimate of drug-likeness (QED) is 0.138. The fraction of sp³-hybridized carbons (Fsp3) is 0.0833. The monoisotopic (exact) mass is 613 g/mol. The highest BCUT2D eigenvalue weighted by molar-refractivity contribution is 7.98. The van der Waals surface area contributed by atoms with E-state index in [0.29, 0.717) is 35.0 Å². The van der Waals surface area contributed by atoms with E-state index < -0.39 is 0 Å². The summed E-state index contributed by atoms with van der Waals surface area (Å²) in [6, 6.07) is 31.7. The van der Waals surface area contributed by atoms with Gasteiger partial charge in [0.2, 0.25) is 0 Å². The SMILES string of the molecule is O=C(NCc1ccc(-c2ccccc2)cc1)c1ccc(-n2cc(Cc3cncnc3)c(=O)nc2SCc2ccc(F)cc2)cc1. The van der Waals surface area contributed by atoms with Crippen LogP contribution in [0.3, 0.4) is 0 Å². The summed E-state index contributed by atoms with van der Waals surface area (Å²) in [6.07, 6.45) is 6.86. The lowest BCUT2D eigenvalue weighted by Crippen LogP contribution is -2.23. The predicted molar refractivity (Wildman–Crippen MR) is 174 cm³/mol. The first-order valence-electron chi connectivity index (χ1n) is 14.3. The number of carbonyl (C=O) groups is 1. The van der Waals surface area contributed by atoms with Gasteiger partial charge in [-0.1, -0.05) is 78.5 Å². The third-order valence-electron chi connectivity index (χ3n) is 7.17. The summed E-state index contributed by atoms with van der Waals surface area (Å²) in [5, 5.41) is 3.47. The number of benzene rings is 4. The first kappa shape index (κ1) is 29.7. The predicted octanol–water partition coefficient (Wildman–Crippen LogP) is 6.64. The maximum Gasteiger partial charge on any atom is 0.277 e. The highest BCUT2D eigenvalue weighted by Crippen LogP contribution is 2.25. The Hall–Kier alpha value is -5.41. The molecule has 2 heterocycles. The van der Waals surface area contributed by atoms with E-state index in [0.717, 1.165) is 33.5 Å². The van der Waals surface area contributed by atoms with Crippen molar-refractivity contribution in [1.82, 2.24) is 24.8 Å². The lowest BCUT2D eigenvalue weighted by atomic mass is 10.0. The van der Waals surface area contributed by atoms with E-state index in [-0.39, 0.29) is 17.3 Å². The van der Waals surface area contributed by atoms with Crippen molar-refractivity contribution < 1.29 is 9.18 Å². The largest absolute Gasteiger partial charge is 0.348 e. The minimum atomic E-state index is -0.343. The van der Waals surface area contributed by atoms with Gasteiger partial charge in [-0.2, -0.15) is 4.98 Å². The number of amides is 1. The summed E-state index contributed by atoms with van der Waals surface area (Å²) in [5.41, 5.74) is 6.33. The van der Waals surface area contributed by atoms with Gasteiger partial charge in [-0.15, -0.1) is 0 Å². The standard InChI is InChI=1S/C36H28FN5O2S/c37-32-14-8-26(9-15-32)23-45-36-41-35(44)31(18-27-19-38-24-39-20-27)22-42(36)33-16-12-30(13-17-33)34(43)40-21-25-6-10-29(11-7-25)28-4-2-1-3-5-28/h1-17,19-20,22,24H,18,21,23H2,(H,40,43). The molecule has 0 saturated heterocycles. The molecule has 2 aromatic heterocycles. The van der Waals surface area contributed by atoms with E-state index in [4.69, 9.17) is 0 Å². The molecule has 0 aliphatic carbocycles. The van der Waals surface area contributed by atoms with Crippen molar-refractivity contribution in [3.8, 4) is 16.8 Å². The minimum absolute atomic E-state index is 0.192. The Kier molecular flexibility index (Phi) is 9.17. The highest BCUT2D eigenvalue weighted by atomic mass is 32.2. The van der Waals surface area contributed by atoms with Gasteiger partial charge in [0, 0.05) is 54.1 Å². The smallest absolute Gasteiger partial charge is 0.277 e. The summed E-state index contributed by atoms with van der Waals surface area (Å²) < 4.78 is 15.2. The molecule has 0 aliphatic rings. The molecule has 6 aromatic rings. The van der Waals surface area contributed by atoms with Gasteiger partial charge in [-0.25, -0.2) is 14.4 Å². The molecule has 0 saturated carbocycles. The van der Waals surface area contributed by atoms with Gasteiger partial charge < -0.3 is 5.32 Å². The van der Waals surface area contributed by atoms with E-state index in [1.165, 1.54) is 30.2 Å².